The molecule has 7 heteroatoms. The van der Waals surface area contributed by atoms with Gasteiger partial charge in [-0.1, -0.05) is 48.7 Å². The monoisotopic (exact) mass is 523 g/mol. The van der Waals surface area contributed by atoms with Crippen molar-refractivity contribution < 1.29 is 9.47 Å². The molecule has 0 unspecified atom stereocenters. The third-order valence-electron chi connectivity index (χ3n) is 6.59. The molecule has 0 bridgehead atoms. The van der Waals surface area contributed by atoms with E-state index in [4.69, 9.17) is 37.7 Å². The molecule has 0 radical (unpaired) electrons. The maximum absolute atomic E-state index is 6.38. The van der Waals surface area contributed by atoms with Gasteiger partial charge in [-0.25, -0.2) is 4.98 Å². The maximum Gasteiger partial charge on any atom is 0.141 e. The zero-order chi connectivity index (χ0) is 25.1. The molecule has 0 amide bonds. The predicted octanol–water partition coefficient (Wildman–Crippen LogP) is 8.08. The molecule has 1 aromatic heterocycles. The van der Waals surface area contributed by atoms with Crippen LogP contribution in [0.25, 0.3) is 22.4 Å². The molecule has 0 saturated carbocycles. The number of aryl methyl sites for hydroxylation is 1. The van der Waals surface area contributed by atoms with Crippen molar-refractivity contribution in [1.82, 2.24) is 14.5 Å². The third kappa shape index (κ3) is 5.80. The van der Waals surface area contributed by atoms with Gasteiger partial charge in [-0.2, -0.15) is 0 Å². The Balaban J connectivity index is 1.46. The highest BCUT2D eigenvalue weighted by molar-refractivity contribution is 6.34. The number of benzene rings is 3. The van der Waals surface area contributed by atoms with Crippen molar-refractivity contribution in [2.24, 2.45) is 0 Å². The molecular formula is C29H31Cl2N3O2. The van der Waals surface area contributed by atoms with Gasteiger partial charge in [0.2, 0.25) is 0 Å². The van der Waals surface area contributed by atoms with Crippen molar-refractivity contribution in [1.29, 1.82) is 0 Å². The highest BCUT2D eigenvalue weighted by Gasteiger charge is 2.19. The van der Waals surface area contributed by atoms with Crippen molar-refractivity contribution in [3.05, 3.63) is 70.7 Å². The number of fused-ring (bicyclic) bond motifs is 1. The number of hydrogen-bond acceptors (Lipinski definition) is 4. The lowest BCUT2D eigenvalue weighted by Gasteiger charge is -2.29. The first kappa shape index (κ1) is 24.9. The lowest BCUT2D eigenvalue weighted by Crippen LogP contribution is -2.35. The Hall–Kier alpha value is -2.73. The second-order valence-electron chi connectivity index (χ2n) is 9.45. The quantitative estimate of drug-likeness (QED) is 0.234. The molecule has 2 heterocycles. The smallest absolute Gasteiger partial charge is 0.141 e. The van der Waals surface area contributed by atoms with E-state index in [1.54, 1.807) is 18.2 Å². The maximum atomic E-state index is 6.38. The van der Waals surface area contributed by atoms with E-state index in [9.17, 15) is 0 Å². The Bertz CT molecular complexity index is 1330. The molecule has 1 aliphatic heterocycles. The number of piperidine rings is 1. The summed E-state index contributed by atoms with van der Waals surface area (Å²) in [6.07, 6.45) is 4.54. The van der Waals surface area contributed by atoms with Gasteiger partial charge in [0.15, 0.2) is 0 Å². The summed E-state index contributed by atoms with van der Waals surface area (Å²) in [5, 5.41) is 1.07. The molecule has 3 aromatic carbocycles. The number of rotatable bonds is 8. The summed E-state index contributed by atoms with van der Waals surface area (Å²) in [5.41, 5.74) is 3.05. The van der Waals surface area contributed by atoms with Crippen molar-refractivity contribution in [3.63, 3.8) is 0 Å². The summed E-state index contributed by atoms with van der Waals surface area (Å²) in [5.74, 6) is 3.13. The standard InChI is InChI=1S/C29H31Cl2N3O2/c1-3-4-12-34-28-19-25(35-23-10-13-33(2)14-11-23)8-9-27(28)32-29(34)20-6-5-7-24(15-20)36-26-17-21(30)16-22(31)18-26/h5-9,15-19,23H,3-4,10-14H2,1-2H3. The number of imidazole rings is 1. The van der Waals surface area contributed by atoms with Crippen molar-refractivity contribution in [3.8, 4) is 28.6 Å². The van der Waals surface area contributed by atoms with Gasteiger partial charge in [-0.05, 0) is 68.8 Å². The van der Waals surface area contributed by atoms with E-state index in [2.05, 4.69) is 41.6 Å². The number of hydrogen-bond donors (Lipinski definition) is 0. The number of likely N-dealkylation sites (tertiary alicyclic amines) is 1. The fourth-order valence-electron chi connectivity index (χ4n) is 4.66. The molecule has 0 atom stereocenters. The van der Waals surface area contributed by atoms with E-state index in [0.717, 1.165) is 73.5 Å². The molecule has 1 fully saturated rings. The van der Waals surface area contributed by atoms with E-state index >= 15 is 0 Å². The van der Waals surface area contributed by atoms with Gasteiger partial charge >= 0.3 is 0 Å². The molecule has 0 spiro atoms. The Kier molecular flexibility index (Phi) is 7.70. The minimum absolute atomic E-state index is 0.263. The Morgan fingerprint density at radius 1 is 0.917 bits per heavy atom. The van der Waals surface area contributed by atoms with Crippen LogP contribution in [0.15, 0.2) is 60.7 Å². The Morgan fingerprint density at radius 3 is 2.44 bits per heavy atom. The number of ether oxygens (including phenoxy) is 2. The molecule has 0 N–H and O–H groups in total. The van der Waals surface area contributed by atoms with Gasteiger partial charge in [0, 0.05) is 41.3 Å². The topological polar surface area (TPSA) is 39.5 Å². The lowest BCUT2D eigenvalue weighted by atomic mass is 10.1. The lowest BCUT2D eigenvalue weighted by molar-refractivity contribution is 0.114. The highest BCUT2D eigenvalue weighted by Crippen LogP contribution is 2.33. The van der Waals surface area contributed by atoms with Crippen LogP contribution in [0.4, 0.5) is 0 Å². The van der Waals surface area contributed by atoms with Crippen LogP contribution in [0.2, 0.25) is 10.0 Å². The minimum atomic E-state index is 0.263. The Morgan fingerprint density at radius 2 is 1.69 bits per heavy atom. The van der Waals surface area contributed by atoms with Gasteiger partial charge in [-0.15, -0.1) is 0 Å². The highest BCUT2D eigenvalue weighted by atomic mass is 35.5. The second-order valence-corrected chi connectivity index (χ2v) is 10.3. The summed E-state index contributed by atoms with van der Waals surface area (Å²) < 4.78 is 14.8. The average molecular weight is 524 g/mol. The molecule has 1 saturated heterocycles. The first-order chi connectivity index (χ1) is 17.5. The molecule has 0 aliphatic carbocycles. The second kappa shape index (κ2) is 11.1. The van der Waals surface area contributed by atoms with E-state index in [1.807, 2.05) is 24.3 Å². The van der Waals surface area contributed by atoms with Gasteiger partial charge < -0.3 is 18.9 Å². The third-order valence-corrected chi connectivity index (χ3v) is 7.02. The fraction of sp³-hybridized carbons (Fsp3) is 0.345. The largest absolute Gasteiger partial charge is 0.490 e. The number of aromatic nitrogens is 2. The fourth-order valence-corrected chi connectivity index (χ4v) is 5.16. The zero-order valence-corrected chi connectivity index (χ0v) is 22.2. The molecule has 4 aromatic rings. The van der Waals surface area contributed by atoms with Crippen LogP contribution < -0.4 is 9.47 Å². The van der Waals surface area contributed by atoms with Gasteiger partial charge in [0.05, 0.1) is 11.0 Å². The molecule has 36 heavy (non-hydrogen) atoms. The van der Waals surface area contributed by atoms with Gasteiger partial charge in [0.1, 0.15) is 29.2 Å². The van der Waals surface area contributed by atoms with Crippen LogP contribution in [0.5, 0.6) is 17.2 Å². The first-order valence-corrected chi connectivity index (χ1v) is 13.3. The van der Waals surface area contributed by atoms with E-state index in [-0.39, 0.29) is 6.10 Å². The van der Waals surface area contributed by atoms with Gasteiger partial charge in [-0.3, -0.25) is 0 Å². The molecule has 5 rings (SSSR count). The number of halogens is 2. The normalized spacial score (nSPS) is 14.9. The van der Waals surface area contributed by atoms with Crippen LogP contribution in [0.3, 0.4) is 0 Å². The van der Waals surface area contributed by atoms with E-state index in [1.165, 1.54) is 0 Å². The Labute approximate surface area is 222 Å². The van der Waals surface area contributed by atoms with Crippen LogP contribution in [0.1, 0.15) is 32.6 Å². The van der Waals surface area contributed by atoms with Crippen LogP contribution in [0, 0.1) is 0 Å². The van der Waals surface area contributed by atoms with Crippen molar-refractivity contribution >= 4 is 34.2 Å². The molecule has 188 valence electrons. The molecule has 1 aliphatic rings. The van der Waals surface area contributed by atoms with Crippen molar-refractivity contribution in [2.45, 2.75) is 45.3 Å². The van der Waals surface area contributed by atoms with Crippen LogP contribution in [-0.2, 0) is 6.54 Å². The van der Waals surface area contributed by atoms with Crippen LogP contribution in [-0.4, -0.2) is 40.7 Å². The number of nitrogens with zero attached hydrogens (tertiary/aromatic N) is 3. The minimum Gasteiger partial charge on any atom is -0.490 e. The summed E-state index contributed by atoms with van der Waals surface area (Å²) in [6.45, 7) is 5.24. The molecular weight excluding hydrogens is 493 g/mol. The summed E-state index contributed by atoms with van der Waals surface area (Å²) in [4.78, 5) is 7.37. The SMILES string of the molecule is CCCCn1c(-c2cccc(Oc3cc(Cl)cc(Cl)c3)c2)nc2ccc(OC3CCN(C)CC3)cc21. The summed E-state index contributed by atoms with van der Waals surface area (Å²) in [6, 6.07) is 19.4. The summed E-state index contributed by atoms with van der Waals surface area (Å²) in [7, 11) is 2.17. The van der Waals surface area contributed by atoms with Crippen LogP contribution >= 0.6 is 23.2 Å². The van der Waals surface area contributed by atoms with E-state index < -0.39 is 0 Å². The average Bonchev–Trinajstić information content (AvgIpc) is 3.21. The van der Waals surface area contributed by atoms with Crippen molar-refractivity contribution in [2.75, 3.05) is 20.1 Å². The van der Waals surface area contributed by atoms with Gasteiger partial charge in [0.25, 0.3) is 0 Å². The first-order valence-electron chi connectivity index (χ1n) is 12.6. The predicted molar refractivity (Wildman–Crippen MR) is 148 cm³/mol. The summed E-state index contributed by atoms with van der Waals surface area (Å²) >= 11 is 12.3. The zero-order valence-electron chi connectivity index (χ0n) is 20.7. The number of unbranched alkanes of at least 4 members (excludes halogenated alkanes) is 1. The molecule has 5 nitrogen and oxygen atoms in total. The van der Waals surface area contributed by atoms with E-state index in [0.29, 0.717) is 21.5 Å².